The van der Waals surface area contributed by atoms with Gasteiger partial charge >= 0.3 is 5.97 Å². The van der Waals surface area contributed by atoms with Crippen LogP contribution in [0.5, 0.6) is 0 Å². The van der Waals surface area contributed by atoms with Crippen LogP contribution in [0.15, 0.2) is 59.8 Å². The number of methoxy groups -OCH3 is 1. The maximum Gasteiger partial charge on any atom is 0.338 e. The molecular weight excluding hydrogens is 422 g/mol. The average Bonchev–Trinajstić information content (AvgIpc) is 3.37. The van der Waals surface area contributed by atoms with Gasteiger partial charge in [0.15, 0.2) is 5.13 Å². The Kier molecular flexibility index (Phi) is 5.43. The molecule has 0 bridgehead atoms. The first kappa shape index (κ1) is 20.7. The molecule has 1 saturated heterocycles. The van der Waals surface area contributed by atoms with Gasteiger partial charge in [0.2, 0.25) is 0 Å². The Hall–Kier alpha value is -3.19. The summed E-state index contributed by atoms with van der Waals surface area (Å²) in [6.07, 6.45) is 3.14. The van der Waals surface area contributed by atoms with Gasteiger partial charge in [0.1, 0.15) is 5.70 Å². The second-order valence-corrected chi connectivity index (χ2v) is 9.27. The lowest BCUT2D eigenvalue weighted by Gasteiger charge is -2.29. The number of anilines is 1. The minimum absolute atomic E-state index is 0.183. The van der Waals surface area contributed by atoms with E-state index < -0.39 is 12.0 Å². The van der Waals surface area contributed by atoms with E-state index >= 15 is 0 Å². The summed E-state index contributed by atoms with van der Waals surface area (Å²) in [6, 6.07) is 15.2. The number of carbonyl (C=O) groups is 2. The third-order valence-electron chi connectivity index (χ3n) is 6.13. The molecule has 1 amide bonds. The molecule has 1 aromatic heterocycles. The zero-order valence-corrected chi connectivity index (χ0v) is 19.0. The Bertz CT molecular complexity index is 1190. The number of rotatable bonds is 4. The summed E-state index contributed by atoms with van der Waals surface area (Å²) in [4.78, 5) is 35.6. The maximum absolute atomic E-state index is 14.0. The van der Waals surface area contributed by atoms with Crippen LogP contribution in [0, 0.1) is 6.92 Å². The summed E-state index contributed by atoms with van der Waals surface area (Å²) in [7, 11) is 1.38. The van der Waals surface area contributed by atoms with E-state index in [1.54, 1.807) is 4.90 Å². The Morgan fingerprint density at radius 1 is 1.09 bits per heavy atom. The molecular formula is C25H25N3O3S. The van der Waals surface area contributed by atoms with E-state index in [4.69, 9.17) is 9.72 Å². The fourth-order valence-electron chi connectivity index (χ4n) is 4.66. The van der Waals surface area contributed by atoms with E-state index in [1.165, 1.54) is 18.4 Å². The third-order valence-corrected chi connectivity index (χ3v) is 7.17. The lowest BCUT2D eigenvalue weighted by Crippen LogP contribution is -2.36. The van der Waals surface area contributed by atoms with Gasteiger partial charge in [-0.3, -0.25) is 9.69 Å². The number of hydrogen-bond acceptors (Lipinski definition) is 6. The van der Waals surface area contributed by atoms with Crippen LogP contribution in [0.2, 0.25) is 0 Å². The largest absolute Gasteiger partial charge is 0.466 e. The highest BCUT2D eigenvalue weighted by Crippen LogP contribution is 2.45. The standard InChI is InChI=1S/C25H25N3O3S/c1-16-9-8-10-17(15-16)21-20(24(30)31-2)22(27-13-6-3-7-14-27)23(29)28(21)25-26-18-11-4-5-12-19(18)32-25/h4-5,8-12,15,21H,3,6-7,13-14H2,1-2H3. The first-order valence-corrected chi connectivity index (χ1v) is 11.7. The predicted molar refractivity (Wildman–Crippen MR) is 125 cm³/mol. The van der Waals surface area contributed by atoms with Gasteiger partial charge in [-0.1, -0.05) is 53.3 Å². The Balaban J connectivity index is 1.72. The van der Waals surface area contributed by atoms with Crippen molar-refractivity contribution in [3.63, 3.8) is 0 Å². The van der Waals surface area contributed by atoms with Crippen molar-refractivity contribution in [2.45, 2.75) is 32.2 Å². The van der Waals surface area contributed by atoms with Gasteiger partial charge in [-0.05, 0) is 43.9 Å². The summed E-state index contributed by atoms with van der Waals surface area (Å²) in [6.45, 7) is 3.53. The Morgan fingerprint density at radius 3 is 2.59 bits per heavy atom. The van der Waals surface area contributed by atoms with Gasteiger partial charge < -0.3 is 9.64 Å². The van der Waals surface area contributed by atoms with Gasteiger partial charge in [-0.2, -0.15) is 0 Å². The van der Waals surface area contributed by atoms with Crippen molar-refractivity contribution in [2.75, 3.05) is 25.1 Å². The van der Waals surface area contributed by atoms with Crippen molar-refractivity contribution in [2.24, 2.45) is 0 Å². The van der Waals surface area contributed by atoms with Crippen molar-refractivity contribution >= 4 is 38.6 Å². The number of nitrogens with zero attached hydrogens (tertiary/aromatic N) is 3. The van der Waals surface area contributed by atoms with Gasteiger partial charge in [-0.15, -0.1) is 0 Å². The molecule has 0 radical (unpaired) electrons. The zero-order valence-electron chi connectivity index (χ0n) is 18.2. The van der Waals surface area contributed by atoms with E-state index in [0.29, 0.717) is 16.4 Å². The lowest BCUT2D eigenvalue weighted by molar-refractivity contribution is -0.136. The minimum Gasteiger partial charge on any atom is -0.466 e. The van der Waals surface area contributed by atoms with Crippen LogP contribution in [0.1, 0.15) is 36.4 Å². The van der Waals surface area contributed by atoms with E-state index in [2.05, 4.69) is 4.90 Å². The topological polar surface area (TPSA) is 62.7 Å². The highest BCUT2D eigenvalue weighted by Gasteiger charge is 2.48. The number of para-hydroxylation sites is 1. The molecule has 3 heterocycles. The number of carbonyl (C=O) groups excluding carboxylic acids is 2. The molecule has 7 heteroatoms. The van der Waals surface area contributed by atoms with Crippen LogP contribution >= 0.6 is 11.3 Å². The van der Waals surface area contributed by atoms with E-state index in [0.717, 1.165) is 53.7 Å². The number of fused-ring (bicyclic) bond motifs is 1. The highest BCUT2D eigenvalue weighted by atomic mass is 32.1. The fourth-order valence-corrected chi connectivity index (χ4v) is 5.66. The number of likely N-dealkylation sites (tertiary alicyclic amines) is 1. The Morgan fingerprint density at radius 2 is 1.88 bits per heavy atom. The van der Waals surface area contributed by atoms with Gasteiger partial charge in [0.05, 0.1) is 28.9 Å². The van der Waals surface area contributed by atoms with Crippen LogP contribution in [0.4, 0.5) is 5.13 Å². The number of esters is 1. The predicted octanol–water partition coefficient (Wildman–Crippen LogP) is 4.61. The monoisotopic (exact) mass is 447 g/mol. The molecule has 1 fully saturated rings. The molecule has 32 heavy (non-hydrogen) atoms. The molecule has 0 spiro atoms. The number of hydrogen-bond donors (Lipinski definition) is 0. The maximum atomic E-state index is 14.0. The average molecular weight is 448 g/mol. The van der Waals surface area contributed by atoms with Gasteiger partial charge in [-0.25, -0.2) is 9.78 Å². The minimum atomic E-state index is -0.577. The van der Waals surface area contributed by atoms with Crippen molar-refractivity contribution in [1.82, 2.24) is 9.88 Å². The molecule has 0 saturated carbocycles. The quantitative estimate of drug-likeness (QED) is 0.547. The number of thiazole rings is 1. The smallest absolute Gasteiger partial charge is 0.338 e. The molecule has 2 aliphatic heterocycles. The zero-order chi connectivity index (χ0) is 22.2. The molecule has 0 N–H and O–H groups in total. The number of ether oxygens (including phenoxy) is 1. The van der Waals surface area contributed by atoms with Crippen molar-refractivity contribution < 1.29 is 14.3 Å². The van der Waals surface area contributed by atoms with Crippen LogP contribution in [0.25, 0.3) is 10.2 Å². The number of benzene rings is 2. The molecule has 1 atom stereocenters. The number of aromatic nitrogens is 1. The first-order valence-electron chi connectivity index (χ1n) is 10.9. The summed E-state index contributed by atoms with van der Waals surface area (Å²) >= 11 is 1.47. The second-order valence-electron chi connectivity index (χ2n) is 8.26. The molecule has 3 aromatic rings. The Labute approximate surface area is 191 Å². The summed E-state index contributed by atoms with van der Waals surface area (Å²) in [5.74, 6) is -0.646. The van der Waals surface area contributed by atoms with E-state index in [9.17, 15) is 9.59 Å². The molecule has 164 valence electrons. The normalized spacial score (nSPS) is 19.2. The van der Waals surface area contributed by atoms with E-state index in [1.807, 2.05) is 55.5 Å². The second kappa shape index (κ2) is 8.39. The number of aryl methyl sites for hydroxylation is 1. The van der Waals surface area contributed by atoms with Gasteiger partial charge in [0.25, 0.3) is 5.91 Å². The van der Waals surface area contributed by atoms with Gasteiger partial charge in [0, 0.05) is 13.1 Å². The van der Waals surface area contributed by atoms with Crippen molar-refractivity contribution in [3.8, 4) is 0 Å². The molecule has 0 aliphatic carbocycles. The van der Waals surface area contributed by atoms with Crippen molar-refractivity contribution in [1.29, 1.82) is 0 Å². The first-order chi connectivity index (χ1) is 15.6. The molecule has 1 unspecified atom stereocenters. The summed E-state index contributed by atoms with van der Waals surface area (Å²) in [5, 5.41) is 0.594. The SMILES string of the molecule is COC(=O)C1=C(N2CCCCC2)C(=O)N(c2nc3ccccc3s2)C1c1cccc(C)c1. The third kappa shape index (κ3) is 3.46. The molecule has 6 nitrogen and oxygen atoms in total. The van der Waals surface area contributed by atoms with Crippen LogP contribution < -0.4 is 4.90 Å². The van der Waals surface area contributed by atoms with Crippen LogP contribution in [-0.4, -0.2) is 42.0 Å². The lowest BCUT2D eigenvalue weighted by atomic mass is 9.97. The van der Waals surface area contributed by atoms with E-state index in [-0.39, 0.29) is 5.91 Å². The van der Waals surface area contributed by atoms with Crippen molar-refractivity contribution in [3.05, 3.63) is 70.9 Å². The van der Waals surface area contributed by atoms with Crippen LogP contribution in [-0.2, 0) is 14.3 Å². The number of piperidine rings is 1. The summed E-state index contributed by atoms with van der Waals surface area (Å²) < 4.78 is 6.21. The van der Waals surface area contributed by atoms with Crippen LogP contribution in [0.3, 0.4) is 0 Å². The fraction of sp³-hybridized carbons (Fsp3) is 0.320. The molecule has 2 aliphatic rings. The number of amides is 1. The molecule has 2 aromatic carbocycles. The highest BCUT2D eigenvalue weighted by molar-refractivity contribution is 7.22. The summed E-state index contributed by atoms with van der Waals surface area (Å²) in [5.41, 5.74) is 3.65. The molecule has 5 rings (SSSR count).